The normalized spacial score (nSPS) is 15.5. The third kappa shape index (κ3) is 6.15. The predicted molar refractivity (Wildman–Crippen MR) is 122 cm³/mol. The lowest BCUT2D eigenvalue weighted by Gasteiger charge is -2.33. The molecule has 3 rings (SSSR count). The number of carbonyl (C=O) groups is 2. The molecule has 0 spiro atoms. The summed E-state index contributed by atoms with van der Waals surface area (Å²) in [5.41, 5.74) is 2.00. The molecule has 0 bridgehead atoms. The van der Waals surface area contributed by atoms with E-state index >= 15 is 0 Å². The first kappa shape index (κ1) is 23.9. The van der Waals surface area contributed by atoms with Crippen LogP contribution in [-0.2, 0) is 19.6 Å². The topological polar surface area (TPSA) is 96.0 Å². The number of rotatable bonds is 7. The number of anilines is 1. The molecule has 172 valence electrons. The number of benzene rings is 2. The molecule has 0 radical (unpaired) electrons. The zero-order valence-electron chi connectivity index (χ0n) is 18.6. The van der Waals surface area contributed by atoms with Crippen LogP contribution >= 0.6 is 0 Å². The van der Waals surface area contributed by atoms with Crippen LogP contribution in [0.1, 0.15) is 29.8 Å². The van der Waals surface area contributed by atoms with Crippen molar-refractivity contribution in [3.05, 3.63) is 59.7 Å². The Morgan fingerprint density at radius 2 is 1.56 bits per heavy atom. The van der Waals surface area contributed by atoms with Crippen LogP contribution in [0, 0.1) is 6.92 Å². The van der Waals surface area contributed by atoms with Gasteiger partial charge in [-0.3, -0.25) is 9.69 Å². The lowest BCUT2D eigenvalue weighted by atomic mass is 10.2. The van der Waals surface area contributed by atoms with Crippen molar-refractivity contribution in [2.45, 2.75) is 31.8 Å². The maximum Gasteiger partial charge on any atom is 0.338 e. The number of carbonyl (C=O) groups excluding carboxylic acids is 2. The smallest absolute Gasteiger partial charge is 0.338 e. The lowest BCUT2D eigenvalue weighted by molar-refractivity contribution is -0.117. The van der Waals surface area contributed by atoms with Gasteiger partial charge in [0.15, 0.2) is 0 Å². The Kier molecular flexibility index (Phi) is 7.65. The number of hydrogen-bond donors (Lipinski definition) is 1. The summed E-state index contributed by atoms with van der Waals surface area (Å²) >= 11 is 0. The highest BCUT2D eigenvalue weighted by molar-refractivity contribution is 7.89. The van der Waals surface area contributed by atoms with Crippen molar-refractivity contribution < 1.29 is 22.7 Å². The average Bonchev–Trinajstić information content (AvgIpc) is 2.74. The summed E-state index contributed by atoms with van der Waals surface area (Å²) in [6.07, 6.45) is -0.200. The number of piperazine rings is 1. The third-order valence-corrected chi connectivity index (χ3v) is 7.02. The van der Waals surface area contributed by atoms with Crippen LogP contribution in [0.2, 0.25) is 0 Å². The average molecular weight is 460 g/mol. The van der Waals surface area contributed by atoms with Gasteiger partial charge in [-0.2, -0.15) is 4.31 Å². The molecule has 1 N–H and O–H groups in total. The number of esters is 1. The van der Waals surface area contributed by atoms with Crippen LogP contribution in [-0.4, -0.2) is 68.3 Å². The summed E-state index contributed by atoms with van der Waals surface area (Å²) in [7, 11) is -3.53. The van der Waals surface area contributed by atoms with Crippen molar-refractivity contribution in [1.29, 1.82) is 0 Å². The second kappa shape index (κ2) is 10.2. The highest BCUT2D eigenvalue weighted by atomic mass is 32.2. The lowest BCUT2D eigenvalue weighted by Crippen LogP contribution is -2.50. The summed E-state index contributed by atoms with van der Waals surface area (Å²) in [6.45, 7) is 7.24. The highest BCUT2D eigenvalue weighted by Crippen LogP contribution is 2.18. The minimum Gasteiger partial charge on any atom is -0.459 e. The standard InChI is InChI=1S/C23H29N3O5S/c1-17(2)31-23(28)19-6-8-20(9-7-19)24-22(27)16-25-12-14-26(15-13-25)32(29,30)21-10-4-18(3)5-11-21/h4-11,17H,12-16H2,1-3H3,(H,24,27). The second-order valence-corrected chi connectivity index (χ2v) is 10.0. The van der Waals surface area contributed by atoms with Crippen molar-refractivity contribution in [2.75, 3.05) is 38.0 Å². The molecule has 2 aromatic carbocycles. The van der Waals surface area contributed by atoms with Crippen molar-refractivity contribution in [3.8, 4) is 0 Å². The summed E-state index contributed by atoms with van der Waals surface area (Å²) in [6, 6.07) is 13.3. The van der Waals surface area contributed by atoms with Gasteiger partial charge in [0, 0.05) is 31.9 Å². The number of amides is 1. The van der Waals surface area contributed by atoms with E-state index in [1.54, 1.807) is 62.4 Å². The SMILES string of the molecule is Cc1ccc(S(=O)(=O)N2CCN(CC(=O)Nc3ccc(C(=O)OC(C)C)cc3)CC2)cc1. The number of hydrogen-bond acceptors (Lipinski definition) is 6. The van der Waals surface area contributed by atoms with Crippen LogP contribution < -0.4 is 5.32 Å². The molecule has 8 nitrogen and oxygen atoms in total. The van der Waals surface area contributed by atoms with Crippen LogP contribution in [0.3, 0.4) is 0 Å². The second-order valence-electron chi connectivity index (χ2n) is 8.07. The van der Waals surface area contributed by atoms with E-state index in [0.29, 0.717) is 37.4 Å². The minimum absolute atomic E-state index is 0.162. The molecule has 1 aliphatic heterocycles. The van der Waals surface area contributed by atoms with Gasteiger partial charge in [-0.1, -0.05) is 17.7 Å². The van der Waals surface area contributed by atoms with Gasteiger partial charge >= 0.3 is 5.97 Å². The molecule has 0 unspecified atom stereocenters. The predicted octanol–water partition coefficient (Wildman–Crippen LogP) is 2.51. The number of ether oxygens (including phenoxy) is 1. The molecule has 2 aromatic rings. The van der Waals surface area contributed by atoms with Gasteiger partial charge in [0.2, 0.25) is 15.9 Å². The summed E-state index contributed by atoms with van der Waals surface area (Å²) in [4.78, 5) is 26.5. The van der Waals surface area contributed by atoms with Gasteiger partial charge in [0.05, 0.1) is 23.1 Å². The molecule has 0 aromatic heterocycles. The Bertz CT molecular complexity index is 1040. The van der Waals surface area contributed by atoms with E-state index in [1.807, 2.05) is 11.8 Å². The van der Waals surface area contributed by atoms with Crippen LogP contribution in [0.4, 0.5) is 5.69 Å². The zero-order valence-corrected chi connectivity index (χ0v) is 19.4. The van der Waals surface area contributed by atoms with Crippen molar-refractivity contribution >= 4 is 27.6 Å². The summed E-state index contributed by atoms with van der Waals surface area (Å²) < 4.78 is 32.2. The van der Waals surface area contributed by atoms with E-state index < -0.39 is 16.0 Å². The van der Waals surface area contributed by atoms with Gasteiger partial charge < -0.3 is 10.1 Å². The fraction of sp³-hybridized carbons (Fsp3) is 0.391. The van der Waals surface area contributed by atoms with Gasteiger partial charge in [-0.25, -0.2) is 13.2 Å². The number of nitrogens with one attached hydrogen (secondary N) is 1. The Hall–Kier alpha value is -2.75. The first-order valence-corrected chi connectivity index (χ1v) is 12.0. The fourth-order valence-electron chi connectivity index (χ4n) is 3.36. The largest absolute Gasteiger partial charge is 0.459 e. The molecule has 32 heavy (non-hydrogen) atoms. The van der Waals surface area contributed by atoms with E-state index in [2.05, 4.69) is 5.32 Å². The molecule has 1 heterocycles. The first-order valence-electron chi connectivity index (χ1n) is 10.6. The van der Waals surface area contributed by atoms with Gasteiger partial charge in [-0.15, -0.1) is 0 Å². The van der Waals surface area contributed by atoms with Crippen LogP contribution in [0.5, 0.6) is 0 Å². The Morgan fingerprint density at radius 3 is 2.12 bits per heavy atom. The molecule has 0 aliphatic carbocycles. The Morgan fingerprint density at radius 1 is 0.969 bits per heavy atom. The van der Waals surface area contributed by atoms with E-state index in [0.717, 1.165) is 5.56 Å². The molecule has 1 amide bonds. The zero-order chi connectivity index (χ0) is 23.3. The first-order chi connectivity index (χ1) is 15.1. The molecular weight excluding hydrogens is 430 g/mol. The molecule has 1 fully saturated rings. The molecule has 1 aliphatic rings. The quantitative estimate of drug-likeness (QED) is 0.639. The van der Waals surface area contributed by atoms with E-state index in [-0.39, 0.29) is 23.5 Å². The molecular formula is C23H29N3O5S. The molecule has 9 heteroatoms. The third-order valence-electron chi connectivity index (χ3n) is 5.10. The summed E-state index contributed by atoms with van der Waals surface area (Å²) in [5.74, 6) is -0.603. The van der Waals surface area contributed by atoms with Crippen molar-refractivity contribution in [3.63, 3.8) is 0 Å². The molecule has 0 atom stereocenters. The van der Waals surface area contributed by atoms with E-state index in [1.165, 1.54) is 4.31 Å². The Labute approximate surface area is 189 Å². The van der Waals surface area contributed by atoms with Crippen LogP contribution in [0.25, 0.3) is 0 Å². The minimum atomic E-state index is -3.53. The molecule has 1 saturated heterocycles. The fourth-order valence-corrected chi connectivity index (χ4v) is 4.78. The van der Waals surface area contributed by atoms with Gasteiger partial charge in [0.25, 0.3) is 0 Å². The van der Waals surface area contributed by atoms with E-state index in [4.69, 9.17) is 4.74 Å². The van der Waals surface area contributed by atoms with Gasteiger partial charge in [0.1, 0.15) is 0 Å². The summed E-state index contributed by atoms with van der Waals surface area (Å²) in [5, 5.41) is 2.80. The highest BCUT2D eigenvalue weighted by Gasteiger charge is 2.29. The number of nitrogens with zero attached hydrogens (tertiary/aromatic N) is 2. The number of aryl methyl sites for hydroxylation is 1. The Balaban J connectivity index is 1.49. The van der Waals surface area contributed by atoms with E-state index in [9.17, 15) is 18.0 Å². The van der Waals surface area contributed by atoms with Crippen molar-refractivity contribution in [1.82, 2.24) is 9.21 Å². The maximum atomic E-state index is 12.8. The number of sulfonamides is 1. The van der Waals surface area contributed by atoms with Crippen molar-refractivity contribution in [2.24, 2.45) is 0 Å². The molecule has 0 saturated carbocycles. The van der Waals surface area contributed by atoms with Gasteiger partial charge in [-0.05, 0) is 57.2 Å². The monoisotopic (exact) mass is 459 g/mol. The van der Waals surface area contributed by atoms with Crippen LogP contribution in [0.15, 0.2) is 53.4 Å². The maximum absolute atomic E-state index is 12.8.